The summed E-state index contributed by atoms with van der Waals surface area (Å²) < 4.78 is 5.79. The molecule has 22 heavy (non-hydrogen) atoms. The molecule has 4 heteroatoms. The summed E-state index contributed by atoms with van der Waals surface area (Å²) in [5.41, 5.74) is 9.05. The summed E-state index contributed by atoms with van der Waals surface area (Å²) in [5, 5.41) is 8.76. The average molecular weight is 295 g/mol. The minimum Gasteiger partial charge on any atom is -0.494 e. The van der Waals surface area contributed by atoms with Gasteiger partial charge in [0.1, 0.15) is 11.6 Å². The van der Waals surface area contributed by atoms with Crippen LogP contribution in [0.15, 0.2) is 36.5 Å². The van der Waals surface area contributed by atoms with Gasteiger partial charge >= 0.3 is 0 Å². The maximum atomic E-state index is 8.76. The second kappa shape index (κ2) is 7.46. The van der Waals surface area contributed by atoms with Gasteiger partial charge in [-0.2, -0.15) is 5.26 Å². The molecule has 1 aromatic heterocycles. The van der Waals surface area contributed by atoms with E-state index in [1.165, 1.54) is 0 Å². The molecule has 0 radical (unpaired) electrons. The van der Waals surface area contributed by atoms with E-state index in [-0.39, 0.29) is 5.92 Å². The number of rotatable bonds is 6. The molecule has 1 atom stereocenters. The highest BCUT2D eigenvalue weighted by Gasteiger charge is 2.06. The topological polar surface area (TPSA) is 71.9 Å². The van der Waals surface area contributed by atoms with Crippen LogP contribution in [-0.2, 0) is 0 Å². The first-order valence-electron chi connectivity index (χ1n) is 7.45. The van der Waals surface area contributed by atoms with Crippen molar-refractivity contribution in [1.29, 1.82) is 5.26 Å². The second-order valence-corrected chi connectivity index (χ2v) is 5.47. The Balaban J connectivity index is 2.06. The molecule has 0 bridgehead atoms. The Morgan fingerprint density at radius 2 is 2.14 bits per heavy atom. The van der Waals surface area contributed by atoms with E-state index in [0.717, 1.165) is 35.3 Å². The molecule has 2 rings (SSSR count). The number of nitrogen functional groups attached to an aromatic ring is 1. The van der Waals surface area contributed by atoms with Gasteiger partial charge in [0.05, 0.1) is 12.7 Å². The number of nitrogens with zero attached hydrogens (tertiary/aromatic N) is 2. The van der Waals surface area contributed by atoms with Gasteiger partial charge in [-0.25, -0.2) is 4.98 Å². The SMILES string of the molecule is Cc1ccc(OCCCC(C)C#N)cc1-c1ccnc(N)c1. The van der Waals surface area contributed by atoms with Gasteiger partial charge in [-0.1, -0.05) is 6.07 Å². The molecular weight excluding hydrogens is 274 g/mol. The molecule has 0 aliphatic carbocycles. The molecule has 0 saturated heterocycles. The lowest BCUT2D eigenvalue weighted by molar-refractivity contribution is 0.301. The zero-order valence-corrected chi connectivity index (χ0v) is 13.0. The number of hydrogen-bond acceptors (Lipinski definition) is 4. The van der Waals surface area contributed by atoms with Crippen LogP contribution in [0.1, 0.15) is 25.3 Å². The zero-order valence-electron chi connectivity index (χ0n) is 13.0. The highest BCUT2D eigenvalue weighted by atomic mass is 16.5. The van der Waals surface area contributed by atoms with Crippen LogP contribution in [0.2, 0.25) is 0 Å². The van der Waals surface area contributed by atoms with E-state index in [2.05, 4.69) is 18.0 Å². The third-order valence-electron chi connectivity index (χ3n) is 3.57. The molecule has 0 amide bonds. The lowest BCUT2D eigenvalue weighted by Crippen LogP contribution is -2.00. The zero-order chi connectivity index (χ0) is 15.9. The Morgan fingerprint density at radius 1 is 1.32 bits per heavy atom. The summed E-state index contributed by atoms with van der Waals surface area (Å²) in [4.78, 5) is 4.02. The largest absolute Gasteiger partial charge is 0.494 e. The summed E-state index contributed by atoms with van der Waals surface area (Å²) in [5.74, 6) is 1.42. The van der Waals surface area contributed by atoms with E-state index < -0.39 is 0 Å². The highest BCUT2D eigenvalue weighted by Crippen LogP contribution is 2.28. The first kappa shape index (κ1) is 15.8. The number of anilines is 1. The smallest absolute Gasteiger partial charge is 0.123 e. The van der Waals surface area contributed by atoms with E-state index in [9.17, 15) is 0 Å². The van der Waals surface area contributed by atoms with Crippen LogP contribution in [0.25, 0.3) is 11.1 Å². The number of benzene rings is 1. The number of hydrogen-bond donors (Lipinski definition) is 1. The fraction of sp³-hybridized carbons (Fsp3) is 0.333. The highest BCUT2D eigenvalue weighted by molar-refractivity contribution is 5.70. The van der Waals surface area contributed by atoms with Crippen molar-refractivity contribution in [2.75, 3.05) is 12.3 Å². The molecule has 1 heterocycles. The molecule has 2 aromatic rings. The van der Waals surface area contributed by atoms with Crippen LogP contribution in [0.4, 0.5) is 5.82 Å². The van der Waals surface area contributed by atoms with Gasteiger partial charge in [0.15, 0.2) is 0 Å². The van der Waals surface area contributed by atoms with Crippen molar-refractivity contribution >= 4 is 5.82 Å². The number of nitriles is 1. The van der Waals surface area contributed by atoms with Crippen LogP contribution in [-0.4, -0.2) is 11.6 Å². The van der Waals surface area contributed by atoms with Crippen molar-refractivity contribution in [2.24, 2.45) is 5.92 Å². The van der Waals surface area contributed by atoms with Crippen LogP contribution < -0.4 is 10.5 Å². The molecule has 2 N–H and O–H groups in total. The second-order valence-electron chi connectivity index (χ2n) is 5.47. The number of nitrogens with two attached hydrogens (primary N) is 1. The van der Waals surface area contributed by atoms with Crippen molar-refractivity contribution in [3.8, 4) is 22.9 Å². The van der Waals surface area contributed by atoms with E-state index in [0.29, 0.717) is 12.4 Å². The Morgan fingerprint density at radius 3 is 2.86 bits per heavy atom. The van der Waals surface area contributed by atoms with Gasteiger partial charge < -0.3 is 10.5 Å². The van der Waals surface area contributed by atoms with E-state index >= 15 is 0 Å². The third kappa shape index (κ3) is 4.23. The molecule has 0 aliphatic rings. The fourth-order valence-electron chi connectivity index (χ4n) is 2.26. The third-order valence-corrected chi connectivity index (χ3v) is 3.57. The average Bonchev–Trinajstić information content (AvgIpc) is 2.52. The van der Waals surface area contributed by atoms with E-state index in [1.54, 1.807) is 6.20 Å². The van der Waals surface area contributed by atoms with Crippen LogP contribution in [0.5, 0.6) is 5.75 Å². The van der Waals surface area contributed by atoms with E-state index in [4.69, 9.17) is 15.7 Å². The Bertz CT molecular complexity index is 676. The number of pyridine rings is 1. The van der Waals surface area contributed by atoms with Crippen molar-refractivity contribution in [3.05, 3.63) is 42.1 Å². The summed E-state index contributed by atoms with van der Waals surface area (Å²) in [6.45, 7) is 4.61. The lowest BCUT2D eigenvalue weighted by Gasteiger charge is -2.11. The van der Waals surface area contributed by atoms with Gasteiger partial charge in [-0.05, 0) is 67.6 Å². The molecule has 114 valence electrons. The lowest BCUT2D eigenvalue weighted by atomic mass is 10.0. The molecule has 0 spiro atoms. The summed E-state index contributed by atoms with van der Waals surface area (Å²) in [6.07, 6.45) is 3.44. The van der Waals surface area contributed by atoms with Gasteiger partial charge in [-0.3, -0.25) is 0 Å². The van der Waals surface area contributed by atoms with Crippen molar-refractivity contribution in [2.45, 2.75) is 26.7 Å². The quantitative estimate of drug-likeness (QED) is 0.819. The Kier molecular flexibility index (Phi) is 5.37. The summed E-state index contributed by atoms with van der Waals surface area (Å²) in [6, 6.07) is 12.1. The molecule has 1 aromatic carbocycles. The fourth-order valence-corrected chi connectivity index (χ4v) is 2.26. The number of aromatic nitrogens is 1. The maximum Gasteiger partial charge on any atom is 0.123 e. The van der Waals surface area contributed by atoms with Crippen molar-refractivity contribution < 1.29 is 4.74 Å². The maximum absolute atomic E-state index is 8.76. The molecule has 0 saturated carbocycles. The minimum absolute atomic E-state index is 0.0805. The summed E-state index contributed by atoms with van der Waals surface area (Å²) >= 11 is 0. The minimum atomic E-state index is 0.0805. The van der Waals surface area contributed by atoms with Gasteiger partial charge in [0.2, 0.25) is 0 Å². The molecule has 0 fully saturated rings. The van der Waals surface area contributed by atoms with Gasteiger partial charge in [0, 0.05) is 12.1 Å². The van der Waals surface area contributed by atoms with Crippen molar-refractivity contribution in [3.63, 3.8) is 0 Å². The molecular formula is C18H21N3O. The van der Waals surface area contributed by atoms with Gasteiger partial charge in [0.25, 0.3) is 0 Å². The predicted octanol–water partition coefficient (Wildman–Crippen LogP) is 3.96. The normalized spacial score (nSPS) is 11.7. The van der Waals surface area contributed by atoms with Crippen LogP contribution >= 0.6 is 0 Å². The first-order valence-corrected chi connectivity index (χ1v) is 7.45. The molecule has 0 aliphatic heterocycles. The van der Waals surface area contributed by atoms with Crippen molar-refractivity contribution in [1.82, 2.24) is 4.98 Å². The summed E-state index contributed by atoms with van der Waals surface area (Å²) in [7, 11) is 0. The monoisotopic (exact) mass is 295 g/mol. The Labute approximate surface area is 131 Å². The van der Waals surface area contributed by atoms with Crippen LogP contribution in [0, 0.1) is 24.2 Å². The Hall–Kier alpha value is -2.54. The van der Waals surface area contributed by atoms with Crippen LogP contribution in [0.3, 0.4) is 0 Å². The molecule has 1 unspecified atom stereocenters. The molecule has 4 nitrogen and oxygen atoms in total. The number of ether oxygens (including phenoxy) is 1. The predicted molar refractivity (Wildman–Crippen MR) is 88.3 cm³/mol. The van der Waals surface area contributed by atoms with Gasteiger partial charge in [-0.15, -0.1) is 0 Å². The number of aryl methyl sites for hydroxylation is 1. The first-order chi connectivity index (χ1) is 10.6. The standard InChI is InChI=1S/C18H21N3O/c1-13(12-19)4-3-9-22-16-6-5-14(2)17(11-16)15-7-8-21-18(20)10-15/h5-8,10-11,13H,3-4,9H2,1-2H3,(H2,20,21). The van der Waals surface area contributed by atoms with E-state index in [1.807, 2.05) is 37.3 Å².